The number of aliphatic carboxylic acids is 1. The Hall–Kier alpha value is -2.97. The van der Waals surface area contributed by atoms with Crippen LogP contribution in [0, 0.1) is 0 Å². The van der Waals surface area contributed by atoms with Crippen LogP contribution in [0.4, 0.5) is 0 Å². The smallest absolute Gasteiger partial charge is 0.263 e. The van der Waals surface area contributed by atoms with E-state index < -0.39 is 5.97 Å². The van der Waals surface area contributed by atoms with Gasteiger partial charge in [0.15, 0.2) is 0 Å². The first-order valence-corrected chi connectivity index (χ1v) is 9.74. The van der Waals surface area contributed by atoms with Crippen LogP contribution in [0.3, 0.4) is 0 Å². The molecule has 0 aliphatic carbocycles. The number of aryl methyl sites for hydroxylation is 1. The van der Waals surface area contributed by atoms with Gasteiger partial charge in [-0.05, 0) is 16.8 Å². The molecule has 0 atom stereocenters. The lowest BCUT2D eigenvalue weighted by Gasteiger charge is -2.05. The highest BCUT2D eigenvalue weighted by atomic mass is 32.2. The number of nitrogens with one attached hydrogen (secondary N) is 1. The van der Waals surface area contributed by atoms with Crippen LogP contribution in [0.25, 0.3) is 28.1 Å². The molecule has 1 aliphatic rings. The molecule has 1 saturated heterocycles. The second kappa shape index (κ2) is 7.57. The fraction of sp³-hybridized carbons (Fsp3) is 0.100. The van der Waals surface area contributed by atoms with Crippen LogP contribution in [-0.4, -0.2) is 26.0 Å². The van der Waals surface area contributed by atoms with Gasteiger partial charge in [0.2, 0.25) is 0 Å². The summed E-state index contributed by atoms with van der Waals surface area (Å²) in [7, 11) is 0. The quantitative estimate of drug-likeness (QED) is 0.515. The molecule has 28 heavy (non-hydrogen) atoms. The van der Waals surface area contributed by atoms with E-state index in [0.717, 1.165) is 21.9 Å². The molecule has 0 bridgehead atoms. The third-order valence-corrected chi connectivity index (χ3v) is 5.47. The molecule has 8 heteroatoms. The molecule has 1 N–H and O–H groups in total. The molecule has 3 aromatic rings. The highest BCUT2D eigenvalue weighted by Gasteiger charge is 2.23. The van der Waals surface area contributed by atoms with Crippen LogP contribution < -0.4 is 10.4 Å². The second-order valence-electron chi connectivity index (χ2n) is 6.20. The summed E-state index contributed by atoms with van der Waals surface area (Å²) in [5.74, 6) is -1.39. The standard InChI is InChI=1S/C20H15N3O3S2/c24-17(25)8-9-23-11-13(10-16-19(26)21-20(27)28-16)18(22-23)15-7-3-5-12-4-1-2-6-14(12)15/h1-7,10-11H,8-9H2,(H,24,25)(H,21,26,27)/p-1/b16-10+. The summed E-state index contributed by atoms with van der Waals surface area (Å²) in [5, 5.41) is 20.1. The van der Waals surface area contributed by atoms with E-state index in [4.69, 9.17) is 12.2 Å². The number of aromatic nitrogens is 2. The van der Waals surface area contributed by atoms with E-state index in [0.29, 0.717) is 14.9 Å². The zero-order chi connectivity index (χ0) is 19.7. The van der Waals surface area contributed by atoms with Crippen molar-refractivity contribution in [2.24, 2.45) is 0 Å². The van der Waals surface area contributed by atoms with Gasteiger partial charge in [-0.3, -0.25) is 9.48 Å². The molecule has 1 aromatic heterocycles. The Balaban J connectivity index is 1.85. The number of carbonyl (C=O) groups excluding carboxylic acids is 2. The number of carboxylic acids is 1. The Morgan fingerprint density at radius 1 is 1.25 bits per heavy atom. The number of amides is 1. The lowest BCUT2D eigenvalue weighted by molar-refractivity contribution is -0.306. The summed E-state index contributed by atoms with van der Waals surface area (Å²) in [6, 6.07) is 13.9. The highest BCUT2D eigenvalue weighted by molar-refractivity contribution is 8.26. The van der Waals surface area contributed by atoms with Crippen LogP contribution in [-0.2, 0) is 16.1 Å². The minimum absolute atomic E-state index is 0.147. The van der Waals surface area contributed by atoms with Crippen molar-refractivity contribution in [2.75, 3.05) is 0 Å². The number of thiocarbonyl (C=S) groups is 1. The monoisotopic (exact) mass is 408 g/mol. The largest absolute Gasteiger partial charge is 0.550 e. The van der Waals surface area contributed by atoms with Gasteiger partial charge in [-0.2, -0.15) is 5.10 Å². The van der Waals surface area contributed by atoms with Crippen molar-refractivity contribution in [3.8, 4) is 11.3 Å². The first-order valence-electron chi connectivity index (χ1n) is 8.51. The molecular weight excluding hydrogens is 394 g/mol. The number of benzene rings is 2. The van der Waals surface area contributed by atoms with Crippen LogP contribution in [0.5, 0.6) is 0 Å². The Bertz CT molecular complexity index is 1150. The third-order valence-electron chi connectivity index (χ3n) is 4.31. The molecule has 6 nitrogen and oxygen atoms in total. The third kappa shape index (κ3) is 3.69. The van der Waals surface area contributed by atoms with Gasteiger partial charge in [0.25, 0.3) is 5.91 Å². The summed E-state index contributed by atoms with van der Waals surface area (Å²) < 4.78 is 1.97. The van der Waals surface area contributed by atoms with E-state index in [-0.39, 0.29) is 18.9 Å². The average molecular weight is 408 g/mol. The molecule has 0 radical (unpaired) electrons. The number of hydrogen-bond acceptors (Lipinski definition) is 6. The van der Waals surface area contributed by atoms with E-state index in [1.165, 1.54) is 11.8 Å². The van der Waals surface area contributed by atoms with Crippen molar-refractivity contribution in [3.63, 3.8) is 0 Å². The Kier molecular flexibility index (Phi) is 4.97. The van der Waals surface area contributed by atoms with Crippen LogP contribution in [0.15, 0.2) is 53.6 Å². The molecule has 1 aliphatic heterocycles. The van der Waals surface area contributed by atoms with Crippen molar-refractivity contribution >= 4 is 57.0 Å². The minimum Gasteiger partial charge on any atom is -0.550 e. The minimum atomic E-state index is -1.14. The molecule has 2 aromatic carbocycles. The molecule has 140 valence electrons. The van der Waals surface area contributed by atoms with Crippen molar-refractivity contribution in [1.29, 1.82) is 0 Å². The van der Waals surface area contributed by atoms with Crippen molar-refractivity contribution in [3.05, 3.63) is 59.1 Å². The SMILES string of the molecule is O=C([O-])CCn1cc(/C=C2/SC(=S)NC2=O)c(-c2cccc3ccccc23)n1. The van der Waals surface area contributed by atoms with Crippen LogP contribution in [0.2, 0.25) is 0 Å². The number of thioether (sulfide) groups is 1. The van der Waals surface area contributed by atoms with Crippen molar-refractivity contribution < 1.29 is 14.7 Å². The maximum Gasteiger partial charge on any atom is 0.263 e. The van der Waals surface area contributed by atoms with Gasteiger partial charge in [-0.25, -0.2) is 0 Å². The lowest BCUT2D eigenvalue weighted by atomic mass is 10.00. The van der Waals surface area contributed by atoms with E-state index in [2.05, 4.69) is 10.4 Å². The predicted molar refractivity (Wildman–Crippen MR) is 111 cm³/mol. The molecule has 0 saturated carbocycles. The fourth-order valence-corrected chi connectivity index (χ4v) is 4.10. The highest BCUT2D eigenvalue weighted by Crippen LogP contribution is 2.33. The Morgan fingerprint density at radius 2 is 2.04 bits per heavy atom. The number of carbonyl (C=O) groups is 2. The molecule has 1 fully saturated rings. The van der Waals surface area contributed by atoms with Gasteiger partial charge in [0.05, 0.1) is 4.91 Å². The predicted octanol–water partition coefficient (Wildman–Crippen LogP) is 2.33. The maximum absolute atomic E-state index is 12.1. The zero-order valence-corrected chi connectivity index (χ0v) is 16.2. The van der Waals surface area contributed by atoms with Crippen molar-refractivity contribution in [2.45, 2.75) is 13.0 Å². The molecule has 4 rings (SSSR count). The summed E-state index contributed by atoms with van der Waals surface area (Å²) >= 11 is 6.25. The molecule has 2 heterocycles. The average Bonchev–Trinajstić information content (AvgIpc) is 3.22. The topological polar surface area (TPSA) is 87.0 Å². The summed E-state index contributed by atoms with van der Waals surface area (Å²) in [6.45, 7) is 0.182. The summed E-state index contributed by atoms with van der Waals surface area (Å²) in [5.41, 5.74) is 2.30. The number of rotatable bonds is 5. The maximum atomic E-state index is 12.1. The van der Waals surface area contributed by atoms with E-state index >= 15 is 0 Å². The van der Waals surface area contributed by atoms with Crippen LogP contribution in [0.1, 0.15) is 12.0 Å². The van der Waals surface area contributed by atoms with Gasteiger partial charge in [-0.15, -0.1) is 0 Å². The van der Waals surface area contributed by atoms with E-state index in [1.807, 2.05) is 42.5 Å². The molecule has 0 spiro atoms. The van der Waals surface area contributed by atoms with Gasteiger partial charge in [0.1, 0.15) is 10.0 Å². The number of fused-ring (bicyclic) bond motifs is 1. The number of hydrogen-bond donors (Lipinski definition) is 1. The van der Waals surface area contributed by atoms with Gasteiger partial charge in [-0.1, -0.05) is 66.4 Å². The lowest BCUT2D eigenvalue weighted by Crippen LogP contribution is -2.23. The Labute approximate surface area is 170 Å². The summed E-state index contributed by atoms with van der Waals surface area (Å²) in [4.78, 5) is 23.4. The molecule has 1 amide bonds. The second-order valence-corrected chi connectivity index (χ2v) is 7.92. The van der Waals surface area contributed by atoms with E-state index in [9.17, 15) is 14.7 Å². The number of nitrogens with zero attached hydrogens (tertiary/aromatic N) is 2. The summed E-state index contributed by atoms with van der Waals surface area (Å²) in [6.07, 6.45) is 3.33. The first-order chi connectivity index (χ1) is 13.5. The first kappa shape index (κ1) is 18.4. The fourth-order valence-electron chi connectivity index (χ4n) is 3.07. The zero-order valence-electron chi connectivity index (χ0n) is 14.5. The molecule has 0 unspecified atom stereocenters. The normalized spacial score (nSPS) is 15.4. The van der Waals surface area contributed by atoms with Gasteiger partial charge >= 0.3 is 0 Å². The Morgan fingerprint density at radius 3 is 2.79 bits per heavy atom. The van der Waals surface area contributed by atoms with Crippen molar-refractivity contribution in [1.82, 2.24) is 15.1 Å². The van der Waals surface area contributed by atoms with Gasteiger partial charge < -0.3 is 15.2 Å². The number of carboxylic acid groups (broad SMARTS) is 1. The van der Waals surface area contributed by atoms with Crippen LogP contribution >= 0.6 is 24.0 Å². The van der Waals surface area contributed by atoms with Gasteiger partial charge in [0, 0.05) is 36.3 Å². The molecular formula is C20H14N3O3S2-. The van der Waals surface area contributed by atoms with E-state index in [1.54, 1.807) is 17.0 Å².